The molecule has 3 nitrogen and oxygen atoms in total. The number of anilines is 1. The average Bonchev–Trinajstić information content (AvgIpc) is 2.67. The number of rotatable bonds is 7. The summed E-state index contributed by atoms with van der Waals surface area (Å²) >= 11 is 6.00. The molecular formula is C21H19ClFNO2. The number of halogens is 2. The second kappa shape index (κ2) is 8.59. The van der Waals surface area contributed by atoms with E-state index in [0.29, 0.717) is 18.2 Å². The Morgan fingerprint density at radius 3 is 2.27 bits per heavy atom. The Labute approximate surface area is 157 Å². The molecular weight excluding hydrogens is 353 g/mol. The fourth-order valence-electron chi connectivity index (χ4n) is 2.42. The summed E-state index contributed by atoms with van der Waals surface area (Å²) in [5.74, 6) is 1.21. The van der Waals surface area contributed by atoms with Crippen molar-refractivity contribution in [1.29, 1.82) is 0 Å². The van der Waals surface area contributed by atoms with E-state index < -0.39 is 0 Å². The summed E-state index contributed by atoms with van der Waals surface area (Å²) in [5.41, 5.74) is 2.91. The summed E-state index contributed by atoms with van der Waals surface area (Å²) in [4.78, 5) is 0. The van der Waals surface area contributed by atoms with E-state index in [1.807, 2.05) is 48.5 Å². The van der Waals surface area contributed by atoms with Gasteiger partial charge in [0.25, 0.3) is 0 Å². The molecule has 0 amide bonds. The SMILES string of the molecule is COc1ccc(NCc2ccc(OCc3ccc(F)cc3Cl)cc2)cc1. The van der Waals surface area contributed by atoms with E-state index in [-0.39, 0.29) is 5.82 Å². The van der Waals surface area contributed by atoms with Crippen LogP contribution in [0.5, 0.6) is 11.5 Å². The van der Waals surface area contributed by atoms with Gasteiger partial charge in [-0.05, 0) is 54.1 Å². The van der Waals surface area contributed by atoms with Crippen molar-refractivity contribution in [2.24, 2.45) is 0 Å². The fraction of sp³-hybridized carbons (Fsp3) is 0.143. The van der Waals surface area contributed by atoms with Gasteiger partial charge in [0.15, 0.2) is 0 Å². The van der Waals surface area contributed by atoms with Gasteiger partial charge >= 0.3 is 0 Å². The molecule has 26 heavy (non-hydrogen) atoms. The lowest BCUT2D eigenvalue weighted by Gasteiger charge is -2.10. The number of ether oxygens (including phenoxy) is 2. The topological polar surface area (TPSA) is 30.5 Å². The second-order valence-electron chi connectivity index (χ2n) is 5.75. The smallest absolute Gasteiger partial charge is 0.124 e. The summed E-state index contributed by atoms with van der Waals surface area (Å²) in [7, 11) is 1.65. The second-order valence-corrected chi connectivity index (χ2v) is 6.16. The minimum Gasteiger partial charge on any atom is -0.497 e. The Balaban J connectivity index is 1.52. The van der Waals surface area contributed by atoms with Gasteiger partial charge in [0.2, 0.25) is 0 Å². The van der Waals surface area contributed by atoms with Crippen molar-refractivity contribution in [3.63, 3.8) is 0 Å². The molecule has 0 atom stereocenters. The molecule has 0 bridgehead atoms. The lowest BCUT2D eigenvalue weighted by Crippen LogP contribution is -2.00. The molecule has 0 radical (unpaired) electrons. The summed E-state index contributed by atoms with van der Waals surface area (Å²) in [6.07, 6.45) is 0. The third-order valence-corrected chi connectivity index (χ3v) is 4.27. The van der Waals surface area contributed by atoms with Crippen LogP contribution in [0.15, 0.2) is 66.7 Å². The van der Waals surface area contributed by atoms with E-state index in [1.165, 1.54) is 12.1 Å². The van der Waals surface area contributed by atoms with Crippen LogP contribution in [0.4, 0.5) is 10.1 Å². The normalized spacial score (nSPS) is 10.4. The number of benzene rings is 3. The lowest BCUT2D eigenvalue weighted by molar-refractivity contribution is 0.306. The van der Waals surface area contributed by atoms with Crippen LogP contribution >= 0.6 is 11.6 Å². The Kier molecular flexibility index (Phi) is 5.97. The number of hydrogen-bond acceptors (Lipinski definition) is 3. The molecule has 0 fully saturated rings. The predicted octanol–water partition coefficient (Wildman–Crippen LogP) is 5.68. The summed E-state index contributed by atoms with van der Waals surface area (Å²) in [5, 5.41) is 3.72. The first-order valence-electron chi connectivity index (χ1n) is 8.17. The zero-order valence-corrected chi connectivity index (χ0v) is 15.1. The standard InChI is InChI=1S/C21H19ClFNO2/c1-25-19-10-6-18(7-11-19)24-13-15-2-8-20(9-3-15)26-14-16-4-5-17(23)12-21(16)22/h2-12,24H,13-14H2,1H3. The molecule has 0 spiro atoms. The number of methoxy groups -OCH3 is 1. The Morgan fingerprint density at radius 2 is 1.62 bits per heavy atom. The highest BCUT2D eigenvalue weighted by molar-refractivity contribution is 6.31. The van der Waals surface area contributed by atoms with E-state index in [1.54, 1.807) is 13.2 Å². The average molecular weight is 372 g/mol. The van der Waals surface area contributed by atoms with Crippen LogP contribution in [0.25, 0.3) is 0 Å². The van der Waals surface area contributed by atoms with Crippen LogP contribution in [0, 0.1) is 5.82 Å². The summed E-state index contributed by atoms with van der Waals surface area (Å²) in [6, 6.07) is 19.9. The van der Waals surface area contributed by atoms with Crippen LogP contribution in [0.1, 0.15) is 11.1 Å². The number of hydrogen-bond donors (Lipinski definition) is 1. The summed E-state index contributed by atoms with van der Waals surface area (Å²) < 4.78 is 23.9. The van der Waals surface area contributed by atoms with Crippen LogP contribution in [0.2, 0.25) is 5.02 Å². The minimum atomic E-state index is -0.354. The van der Waals surface area contributed by atoms with Crippen molar-refractivity contribution in [3.8, 4) is 11.5 Å². The first-order valence-corrected chi connectivity index (χ1v) is 8.55. The van der Waals surface area contributed by atoms with Crippen molar-refractivity contribution in [3.05, 3.63) is 88.7 Å². The van der Waals surface area contributed by atoms with Gasteiger partial charge in [-0.3, -0.25) is 0 Å². The highest BCUT2D eigenvalue weighted by atomic mass is 35.5. The monoisotopic (exact) mass is 371 g/mol. The van der Waals surface area contributed by atoms with Crippen molar-refractivity contribution < 1.29 is 13.9 Å². The van der Waals surface area contributed by atoms with Crippen molar-refractivity contribution >= 4 is 17.3 Å². The number of nitrogens with one attached hydrogen (secondary N) is 1. The molecule has 0 saturated heterocycles. The molecule has 0 aliphatic heterocycles. The first-order chi connectivity index (χ1) is 12.6. The van der Waals surface area contributed by atoms with E-state index in [4.69, 9.17) is 21.1 Å². The van der Waals surface area contributed by atoms with Gasteiger partial charge in [-0.25, -0.2) is 4.39 Å². The molecule has 134 valence electrons. The molecule has 0 heterocycles. The lowest BCUT2D eigenvalue weighted by atomic mass is 10.2. The van der Waals surface area contributed by atoms with E-state index in [0.717, 1.165) is 28.3 Å². The molecule has 0 aliphatic carbocycles. The van der Waals surface area contributed by atoms with E-state index >= 15 is 0 Å². The largest absolute Gasteiger partial charge is 0.497 e. The predicted molar refractivity (Wildman–Crippen MR) is 103 cm³/mol. The van der Waals surface area contributed by atoms with Gasteiger partial charge in [0.1, 0.15) is 23.9 Å². The van der Waals surface area contributed by atoms with Crippen molar-refractivity contribution in [2.45, 2.75) is 13.2 Å². The maximum Gasteiger partial charge on any atom is 0.124 e. The molecule has 0 aliphatic rings. The van der Waals surface area contributed by atoms with Gasteiger partial charge in [0.05, 0.1) is 12.1 Å². The van der Waals surface area contributed by atoms with Gasteiger partial charge < -0.3 is 14.8 Å². The maximum atomic E-state index is 13.1. The molecule has 3 aromatic carbocycles. The zero-order valence-electron chi connectivity index (χ0n) is 14.3. The third-order valence-electron chi connectivity index (χ3n) is 3.92. The molecule has 0 aromatic heterocycles. The van der Waals surface area contributed by atoms with Gasteiger partial charge in [0, 0.05) is 17.8 Å². The van der Waals surface area contributed by atoms with Crippen LogP contribution < -0.4 is 14.8 Å². The fourth-order valence-corrected chi connectivity index (χ4v) is 2.64. The maximum absolute atomic E-state index is 13.1. The zero-order chi connectivity index (χ0) is 18.4. The third kappa shape index (κ3) is 4.90. The molecule has 1 N–H and O–H groups in total. The Bertz CT molecular complexity index is 851. The Hall–Kier alpha value is -2.72. The Morgan fingerprint density at radius 1 is 0.923 bits per heavy atom. The first kappa shape index (κ1) is 18.1. The van der Waals surface area contributed by atoms with Gasteiger partial charge in [-0.15, -0.1) is 0 Å². The molecule has 3 aromatic rings. The van der Waals surface area contributed by atoms with Crippen molar-refractivity contribution in [1.82, 2.24) is 0 Å². The minimum absolute atomic E-state index is 0.294. The van der Waals surface area contributed by atoms with Crippen LogP contribution in [-0.2, 0) is 13.2 Å². The molecule has 0 saturated carbocycles. The van der Waals surface area contributed by atoms with Crippen LogP contribution in [-0.4, -0.2) is 7.11 Å². The van der Waals surface area contributed by atoms with Crippen molar-refractivity contribution in [2.75, 3.05) is 12.4 Å². The molecule has 0 unspecified atom stereocenters. The highest BCUT2D eigenvalue weighted by Crippen LogP contribution is 2.21. The molecule has 3 rings (SSSR count). The molecule has 5 heteroatoms. The van der Waals surface area contributed by atoms with Gasteiger partial charge in [-0.1, -0.05) is 29.8 Å². The van der Waals surface area contributed by atoms with Gasteiger partial charge in [-0.2, -0.15) is 0 Å². The van der Waals surface area contributed by atoms with Crippen LogP contribution in [0.3, 0.4) is 0 Å². The van der Waals surface area contributed by atoms with E-state index in [2.05, 4.69) is 5.32 Å². The quantitative estimate of drug-likeness (QED) is 0.579. The highest BCUT2D eigenvalue weighted by Gasteiger charge is 2.03. The van der Waals surface area contributed by atoms with E-state index in [9.17, 15) is 4.39 Å². The summed E-state index contributed by atoms with van der Waals surface area (Å²) in [6.45, 7) is 0.999.